The van der Waals surface area contributed by atoms with E-state index in [1.807, 2.05) is 55.5 Å². The Hall–Kier alpha value is -2.76. The van der Waals surface area contributed by atoms with Crippen molar-refractivity contribution >= 4 is 28.7 Å². The molecule has 5 heteroatoms. The van der Waals surface area contributed by atoms with Crippen LogP contribution >= 0.6 is 11.3 Å². The standard InChI is InChI=1S/C22H19NO3S/c1-15-11-12-20(27-15)19(24)13-22(26)17-9-5-6-10-18(17)23(21(22)25)14-16-7-3-2-4-8-16/h2-12,26H,13-14H2,1H3/t22-/m0/s1. The number of thiophene rings is 1. The van der Waals surface area contributed by atoms with E-state index in [1.54, 1.807) is 23.1 Å². The number of hydrogen-bond donors (Lipinski definition) is 1. The zero-order valence-electron chi connectivity index (χ0n) is 14.9. The molecule has 136 valence electrons. The van der Waals surface area contributed by atoms with Crippen LogP contribution in [0.5, 0.6) is 0 Å². The summed E-state index contributed by atoms with van der Waals surface area (Å²) in [6.45, 7) is 2.28. The van der Waals surface area contributed by atoms with Gasteiger partial charge in [0.15, 0.2) is 11.4 Å². The van der Waals surface area contributed by atoms with E-state index in [2.05, 4.69) is 0 Å². The Kier molecular flexibility index (Phi) is 4.42. The predicted octanol–water partition coefficient (Wildman–Crippen LogP) is 4.06. The Morgan fingerprint density at radius 2 is 1.74 bits per heavy atom. The van der Waals surface area contributed by atoms with Crippen molar-refractivity contribution in [2.45, 2.75) is 25.5 Å². The van der Waals surface area contributed by atoms with Crippen LogP contribution in [0.4, 0.5) is 5.69 Å². The van der Waals surface area contributed by atoms with E-state index in [0.29, 0.717) is 22.7 Å². The summed E-state index contributed by atoms with van der Waals surface area (Å²) in [7, 11) is 0. The lowest BCUT2D eigenvalue weighted by Gasteiger charge is -2.22. The fourth-order valence-electron chi connectivity index (χ4n) is 3.50. The first-order valence-corrected chi connectivity index (χ1v) is 9.58. The number of fused-ring (bicyclic) bond motifs is 1. The molecular formula is C22H19NO3S. The molecule has 1 aromatic heterocycles. The van der Waals surface area contributed by atoms with Crippen LogP contribution in [0.25, 0.3) is 0 Å². The van der Waals surface area contributed by atoms with Gasteiger partial charge in [-0.1, -0.05) is 48.5 Å². The molecule has 0 unspecified atom stereocenters. The summed E-state index contributed by atoms with van der Waals surface area (Å²) in [6, 6.07) is 20.4. The molecule has 1 amide bonds. The molecule has 0 bridgehead atoms. The number of benzene rings is 2. The fraction of sp³-hybridized carbons (Fsp3) is 0.182. The van der Waals surface area contributed by atoms with Crippen LogP contribution in [0, 0.1) is 6.92 Å². The van der Waals surface area contributed by atoms with Gasteiger partial charge in [-0.25, -0.2) is 0 Å². The summed E-state index contributed by atoms with van der Waals surface area (Å²) in [6.07, 6.45) is -0.256. The highest BCUT2D eigenvalue weighted by atomic mass is 32.1. The van der Waals surface area contributed by atoms with Gasteiger partial charge in [0, 0.05) is 10.4 Å². The molecule has 1 atom stereocenters. The smallest absolute Gasteiger partial charge is 0.264 e. The van der Waals surface area contributed by atoms with E-state index in [9.17, 15) is 14.7 Å². The van der Waals surface area contributed by atoms with Gasteiger partial charge >= 0.3 is 0 Å². The summed E-state index contributed by atoms with van der Waals surface area (Å²) in [4.78, 5) is 29.1. The van der Waals surface area contributed by atoms with E-state index in [0.717, 1.165) is 10.4 Å². The largest absolute Gasteiger partial charge is 0.375 e. The number of anilines is 1. The third-order valence-electron chi connectivity index (χ3n) is 4.85. The average molecular weight is 377 g/mol. The van der Waals surface area contributed by atoms with Gasteiger partial charge in [0.25, 0.3) is 5.91 Å². The molecule has 3 aromatic rings. The number of ketones is 1. The monoisotopic (exact) mass is 377 g/mol. The summed E-state index contributed by atoms with van der Waals surface area (Å²) in [5.74, 6) is -0.672. The summed E-state index contributed by atoms with van der Waals surface area (Å²) in [5.41, 5.74) is 0.280. The summed E-state index contributed by atoms with van der Waals surface area (Å²) < 4.78 is 0. The number of carbonyl (C=O) groups is 2. The first kappa shape index (κ1) is 17.6. The van der Waals surface area contributed by atoms with Crippen LogP contribution in [0.2, 0.25) is 0 Å². The molecule has 2 aromatic carbocycles. The molecule has 0 saturated heterocycles. The normalized spacial score (nSPS) is 18.6. The minimum Gasteiger partial charge on any atom is -0.375 e. The van der Waals surface area contributed by atoms with Crippen molar-refractivity contribution < 1.29 is 14.7 Å². The van der Waals surface area contributed by atoms with Gasteiger partial charge in [-0.3, -0.25) is 9.59 Å². The van der Waals surface area contributed by atoms with Gasteiger partial charge in [0.2, 0.25) is 0 Å². The van der Waals surface area contributed by atoms with E-state index in [4.69, 9.17) is 0 Å². The minimum absolute atomic E-state index is 0.222. The third kappa shape index (κ3) is 3.09. The lowest BCUT2D eigenvalue weighted by Crippen LogP contribution is -2.41. The van der Waals surface area contributed by atoms with Crippen LogP contribution in [0.1, 0.15) is 32.1 Å². The Bertz CT molecular complexity index is 1010. The molecule has 2 heterocycles. The Labute approximate surface area is 161 Å². The maximum Gasteiger partial charge on any atom is 0.264 e. The first-order valence-electron chi connectivity index (χ1n) is 8.76. The van der Waals surface area contributed by atoms with Crippen molar-refractivity contribution in [2.24, 2.45) is 0 Å². The quantitative estimate of drug-likeness (QED) is 0.682. The lowest BCUT2D eigenvalue weighted by atomic mass is 9.89. The summed E-state index contributed by atoms with van der Waals surface area (Å²) >= 11 is 1.38. The Morgan fingerprint density at radius 3 is 2.44 bits per heavy atom. The highest BCUT2D eigenvalue weighted by molar-refractivity contribution is 7.14. The maximum absolute atomic E-state index is 13.2. The van der Waals surface area contributed by atoms with Crippen molar-refractivity contribution in [3.8, 4) is 0 Å². The molecule has 4 nitrogen and oxygen atoms in total. The van der Waals surface area contributed by atoms with Crippen molar-refractivity contribution in [3.05, 3.63) is 87.6 Å². The van der Waals surface area contributed by atoms with Gasteiger partial charge < -0.3 is 10.0 Å². The number of para-hydroxylation sites is 1. The molecule has 1 aliphatic heterocycles. The second kappa shape index (κ2) is 6.76. The molecule has 1 N–H and O–H groups in total. The zero-order chi connectivity index (χ0) is 19.0. The van der Waals surface area contributed by atoms with Gasteiger partial charge in [0.1, 0.15) is 0 Å². The van der Waals surface area contributed by atoms with E-state index >= 15 is 0 Å². The Morgan fingerprint density at radius 1 is 1.04 bits per heavy atom. The maximum atomic E-state index is 13.2. The number of aliphatic hydroxyl groups is 1. The highest BCUT2D eigenvalue weighted by Gasteiger charge is 2.50. The average Bonchev–Trinajstić information content (AvgIpc) is 3.20. The van der Waals surface area contributed by atoms with Crippen LogP contribution < -0.4 is 4.90 Å². The van der Waals surface area contributed by atoms with E-state index in [1.165, 1.54) is 11.3 Å². The minimum atomic E-state index is -1.83. The van der Waals surface area contributed by atoms with Crippen molar-refractivity contribution in [1.29, 1.82) is 0 Å². The van der Waals surface area contributed by atoms with Crippen LogP contribution in [-0.4, -0.2) is 16.8 Å². The number of carbonyl (C=O) groups excluding carboxylic acids is 2. The Balaban J connectivity index is 1.68. The predicted molar refractivity (Wildman–Crippen MR) is 106 cm³/mol. The molecule has 0 spiro atoms. The second-order valence-electron chi connectivity index (χ2n) is 6.76. The number of nitrogens with zero attached hydrogens (tertiary/aromatic N) is 1. The van der Waals surface area contributed by atoms with Gasteiger partial charge in [-0.2, -0.15) is 0 Å². The van der Waals surface area contributed by atoms with Gasteiger partial charge in [-0.05, 0) is 30.7 Å². The van der Waals surface area contributed by atoms with Crippen molar-refractivity contribution in [1.82, 2.24) is 0 Å². The second-order valence-corrected chi connectivity index (χ2v) is 8.05. The molecule has 0 fully saturated rings. The number of Topliss-reactive ketones (excluding diaryl/α,β-unsaturated/α-hetero) is 1. The number of hydrogen-bond acceptors (Lipinski definition) is 4. The summed E-state index contributed by atoms with van der Waals surface area (Å²) in [5, 5.41) is 11.3. The van der Waals surface area contributed by atoms with Crippen LogP contribution in [0.3, 0.4) is 0 Å². The van der Waals surface area contributed by atoms with E-state index in [-0.39, 0.29) is 12.2 Å². The topological polar surface area (TPSA) is 57.6 Å². The third-order valence-corrected chi connectivity index (χ3v) is 5.90. The lowest BCUT2D eigenvalue weighted by molar-refractivity contribution is -0.136. The first-order chi connectivity index (χ1) is 13.0. The fourth-order valence-corrected chi connectivity index (χ4v) is 4.31. The molecule has 0 radical (unpaired) electrons. The van der Waals surface area contributed by atoms with Gasteiger partial charge in [-0.15, -0.1) is 11.3 Å². The van der Waals surface area contributed by atoms with Crippen molar-refractivity contribution in [3.63, 3.8) is 0 Å². The molecule has 0 aliphatic carbocycles. The van der Waals surface area contributed by atoms with Gasteiger partial charge in [0.05, 0.1) is 23.5 Å². The van der Waals surface area contributed by atoms with Crippen LogP contribution in [-0.2, 0) is 16.9 Å². The zero-order valence-corrected chi connectivity index (χ0v) is 15.7. The number of amides is 1. The van der Waals surface area contributed by atoms with Crippen LogP contribution in [0.15, 0.2) is 66.7 Å². The SMILES string of the molecule is Cc1ccc(C(=O)C[C@@]2(O)C(=O)N(Cc3ccccc3)c3ccccc32)s1. The highest BCUT2D eigenvalue weighted by Crippen LogP contribution is 2.43. The molecule has 4 rings (SSSR count). The molecule has 1 aliphatic rings. The molecular weight excluding hydrogens is 358 g/mol. The molecule has 27 heavy (non-hydrogen) atoms. The van der Waals surface area contributed by atoms with Crippen molar-refractivity contribution in [2.75, 3.05) is 4.90 Å². The number of rotatable bonds is 5. The number of aryl methyl sites for hydroxylation is 1. The molecule has 0 saturated carbocycles. The van der Waals surface area contributed by atoms with E-state index < -0.39 is 11.5 Å².